The van der Waals surface area contributed by atoms with Crippen LogP contribution in [0.15, 0.2) is 18.2 Å². The number of aryl methyl sites for hydroxylation is 1. The minimum absolute atomic E-state index is 0.435. The van der Waals surface area contributed by atoms with Crippen LogP contribution >= 0.6 is 0 Å². The highest BCUT2D eigenvalue weighted by atomic mass is 15.1. The molecule has 1 heterocycles. The number of rotatable bonds is 1. The first-order chi connectivity index (χ1) is 8.39. The second-order valence-corrected chi connectivity index (χ2v) is 6.64. The zero-order valence-electron chi connectivity index (χ0n) is 12.2. The summed E-state index contributed by atoms with van der Waals surface area (Å²) in [5.41, 5.74) is 9.99. The van der Waals surface area contributed by atoms with Crippen LogP contribution in [0.4, 0.5) is 11.4 Å². The van der Waals surface area contributed by atoms with Crippen molar-refractivity contribution in [2.45, 2.75) is 40.5 Å². The molecule has 100 valence electrons. The smallest absolute Gasteiger partial charge is 0.0602 e. The van der Waals surface area contributed by atoms with Crippen molar-refractivity contribution in [1.82, 2.24) is 0 Å². The lowest BCUT2D eigenvalue weighted by Crippen LogP contribution is -2.38. The van der Waals surface area contributed by atoms with Crippen LogP contribution < -0.4 is 10.6 Å². The van der Waals surface area contributed by atoms with Gasteiger partial charge in [0.2, 0.25) is 0 Å². The minimum Gasteiger partial charge on any atom is -0.397 e. The molecule has 0 radical (unpaired) electrons. The number of piperidine rings is 1. The predicted octanol–water partition coefficient (Wildman–Crippen LogP) is 3.84. The highest BCUT2D eigenvalue weighted by Gasteiger charge is 2.29. The second-order valence-electron chi connectivity index (χ2n) is 6.64. The molecule has 2 N–H and O–H groups in total. The van der Waals surface area contributed by atoms with E-state index in [0.717, 1.165) is 24.7 Å². The lowest BCUT2D eigenvalue weighted by atomic mass is 9.75. The standard InChI is InChI=1S/C16H26N2/c1-12-6-5-7-14(15(12)17)18-10-8-13(9-11-18)16(2,3)4/h5-7,13H,8-11,17H2,1-4H3. The van der Waals surface area contributed by atoms with E-state index in [2.05, 4.69) is 50.8 Å². The third-order valence-electron chi connectivity index (χ3n) is 4.36. The van der Waals surface area contributed by atoms with Crippen molar-refractivity contribution < 1.29 is 0 Å². The van der Waals surface area contributed by atoms with Crippen LogP contribution in [0.25, 0.3) is 0 Å². The normalized spacial score (nSPS) is 18.1. The molecule has 0 amide bonds. The first-order valence-electron chi connectivity index (χ1n) is 6.99. The van der Waals surface area contributed by atoms with Gasteiger partial charge >= 0.3 is 0 Å². The van der Waals surface area contributed by atoms with Crippen LogP contribution in [0.3, 0.4) is 0 Å². The summed E-state index contributed by atoms with van der Waals surface area (Å²) in [5, 5.41) is 0. The van der Waals surface area contributed by atoms with E-state index in [0.29, 0.717) is 5.41 Å². The van der Waals surface area contributed by atoms with Crippen molar-refractivity contribution in [3.8, 4) is 0 Å². The summed E-state index contributed by atoms with van der Waals surface area (Å²) in [5.74, 6) is 0.833. The molecule has 0 unspecified atom stereocenters. The summed E-state index contributed by atoms with van der Waals surface area (Å²) in [7, 11) is 0. The minimum atomic E-state index is 0.435. The molecule has 0 aromatic heterocycles. The molecule has 0 atom stereocenters. The lowest BCUT2D eigenvalue weighted by molar-refractivity contribution is 0.199. The van der Waals surface area contributed by atoms with Crippen LogP contribution in [0.2, 0.25) is 0 Å². The van der Waals surface area contributed by atoms with E-state index >= 15 is 0 Å². The van der Waals surface area contributed by atoms with Crippen molar-refractivity contribution >= 4 is 11.4 Å². The zero-order chi connectivity index (χ0) is 13.3. The molecule has 2 rings (SSSR count). The number of hydrogen-bond acceptors (Lipinski definition) is 2. The Morgan fingerprint density at radius 1 is 1.17 bits per heavy atom. The molecule has 0 aliphatic carbocycles. The van der Waals surface area contributed by atoms with Crippen LogP contribution in [-0.2, 0) is 0 Å². The molecule has 0 spiro atoms. The van der Waals surface area contributed by atoms with Gasteiger partial charge in [0.25, 0.3) is 0 Å². The van der Waals surface area contributed by atoms with Crippen molar-refractivity contribution in [1.29, 1.82) is 0 Å². The maximum absolute atomic E-state index is 6.19. The Labute approximate surface area is 111 Å². The van der Waals surface area contributed by atoms with Crippen LogP contribution in [-0.4, -0.2) is 13.1 Å². The van der Waals surface area contributed by atoms with Crippen molar-refractivity contribution in [2.24, 2.45) is 11.3 Å². The van der Waals surface area contributed by atoms with Gasteiger partial charge in [0.15, 0.2) is 0 Å². The average Bonchev–Trinajstić information content (AvgIpc) is 2.32. The van der Waals surface area contributed by atoms with E-state index in [9.17, 15) is 0 Å². The Kier molecular flexibility index (Phi) is 3.56. The van der Waals surface area contributed by atoms with Gasteiger partial charge in [0.1, 0.15) is 0 Å². The van der Waals surface area contributed by atoms with E-state index in [1.165, 1.54) is 24.1 Å². The Morgan fingerprint density at radius 2 is 1.78 bits per heavy atom. The fourth-order valence-electron chi connectivity index (χ4n) is 2.93. The molecule has 1 aliphatic heterocycles. The molecule has 2 nitrogen and oxygen atoms in total. The number of nitrogen functional groups attached to an aromatic ring is 1. The van der Waals surface area contributed by atoms with Gasteiger partial charge < -0.3 is 10.6 Å². The van der Waals surface area contributed by atoms with Crippen molar-refractivity contribution in [3.05, 3.63) is 23.8 Å². The monoisotopic (exact) mass is 246 g/mol. The molecule has 1 fully saturated rings. The molecule has 0 saturated carbocycles. The van der Waals surface area contributed by atoms with Gasteiger partial charge in [0, 0.05) is 13.1 Å². The zero-order valence-corrected chi connectivity index (χ0v) is 12.2. The van der Waals surface area contributed by atoms with Gasteiger partial charge in [-0.3, -0.25) is 0 Å². The fraction of sp³-hybridized carbons (Fsp3) is 0.625. The molecule has 0 bridgehead atoms. The average molecular weight is 246 g/mol. The summed E-state index contributed by atoms with van der Waals surface area (Å²) in [6.45, 7) is 11.4. The van der Waals surface area contributed by atoms with Gasteiger partial charge in [-0.1, -0.05) is 32.9 Å². The highest BCUT2D eigenvalue weighted by molar-refractivity contribution is 5.71. The van der Waals surface area contributed by atoms with Gasteiger partial charge in [-0.15, -0.1) is 0 Å². The quantitative estimate of drug-likeness (QED) is 0.763. The summed E-state index contributed by atoms with van der Waals surface area (Å²) in [6, 6.07) is 6.34. The molecule has 18 heavy (non-hydrogen) atoms. The summed E-state index contributed by atoms with van der Waals surface area (Å²) in [4.78, 5) is 2.45. The highest BCUT2D eigenvalue weighted by Crippen LogP contribution is 2.37. The Morgan fingerprint density at radius 3 is 2.33 bits per heavy atom. The Bertz CT molecular complexity index is 410. The van der Waals surface area contributed by atoms with E-state index in [4.69, 9.17) is 5.73 Å². The molecule has 2 heteroatoms. The summed E-state index contributed by atoms with van der Waals surface area (Å²) >= 11 is 0. The third kappa shape index (κ3) is 2.63. The van der Waals surface area contributed by atoms with Crippen LogP contribution in [0.5, 0.6) is 0 Å². The largest absolute Gasteiger partial charge is 0.397 e. The van der Waals surface area contributed by atoms with E-state index in [-0.39, 0.29) is 0 Å². The van der Waals surface area contributed by atoms with E-state index in [1.807, 2.05) is 0 Å². The molecule has 1 aliphatic rings. The molecular formula is C16H26N2. The molecule has 1 aromatic carbocycles. The van der Waals surface area contributed by atoms with Gasteiger partial charge in [-0.05, 0) is 42.7 Å². The number of benzene rings is 1. The molecule has 1 saturated heterocycles. The summed E-state index contributed by atoms with van der Waals surface area (Å²) in [6.07, 6.45) is 2.55. The maximum atomic E-state index is 6.19. The van der Waals surface area contributed by atoms with Crippen LogP contribution in [0.1, 0.15) is 39.2 Å². The summed E-state index contributed by atoms with van der Waals surface area (Å²) < 4.78 is 0. The lowest BCUT2D eigenvalue weighted by Gasteiger charge is -2.40. The van der Waals surface area contributed by atoms with Crippen molar-refractivity contribution in [2.75, 3.05) is 23.7 Å². The maximum Gasteiger partial charge on any atom is 0.0602 e. The predicted molar refractivity (Wildman–Crippen MR) is 80.0 cm³/mol. The number of para-hydroxylation sites is 1. The fourth-order valence-corrected chi connectivity index (χ4v) is 2.93. The van der Waals surface area contributed by atoms with Crippen molar-refractivity contribution in [3.63, 3.8) is 0 Å². The Balaban J connectivity index is 2.08. The molecule has 1 aromatic rings. The van der Waals surface area contributed by atoms with E-state index < -0.39 is 0 Å². The first-order valence-corrected chi connectivity index (χ1v) is 6.99. The number of nitrogens with two attached hydrogens (primary N) is 1. The second kappa shape index (κ2) is 4.83. The Hall–Kier alpha value is -1.18. The third-order valence-corrected chi connectivity index (χ3v) is 4.36. The number of anilines is 2. The van der Waals surface area contributed by atoms with E-state index in [1.54, 1.807) is 0 Å². The number of hydrogen-bond donors (Lipinski definition) is 1. The SMILES string of the molecule is Cc1cccc(N2CCC(C(C)(C)C)CC2)c1N. The van der Waals surface area contributed by atoms with Gasteiger partial charge in [0.05, 0.1) is 11.4 Å². The van der Waals surface area contributed by atoms with Gasteiger partial charge in [-0.25, -0.2) is 0 Å². The molecular weight excluding hydrogens is 220 g/mol. The first kappa shape index (κ1) is 13.3. The topological polar surface area (TPSA) is 29.3 Å². The van der Waals surface area contributed by atoms with Crippen LogP contribution in [0, 0.1) is 18.3 Å². The van der Waals surface area contributed by atoms with Gasteiger partial charge in [-0.2, -0.15) is 0 Å². The number of nitrogens with zero attached hydrogens (tertiary/aromatic N) is 1.